The van der Waals surface area contributed by atoms with Crippen LogP contribution >= 0.6 is 12.2 Å². The van der Waals surface area contributed by atoms with Crippen molar-refractivity contribution < 1.29 is 0 Å². The summed E-state index contributed by atoms with van der Waals surface area (Å²) in [6, 6.07) is 9.38. The number of hydrogen-bond acceptors (Lipinski definition) is 2. The van der Waals surface area contributed by atoms with Crippen molar-refractivity contribution in [3.8, 4) is 0 Å². The van der Waals surface area contributed by atoms with E-state index in [1.807, 2.05) is 12.3 Å². The van der Waals surface area contributed by atoms with Gasteiger partial charge in [-0.25, -0.2) is 0 Å². The Morgan fingerprint density at radius 3 is 2.59 bits per heavy atom. The van der Waals surface area contributed by atoms with Crippen LogP contribution in [0.25, 0.3) is 0 Å². The highest BCUT2D eigenvalue weighted by Gasteiger charge is 2.44. The number of rotatable bonds is 4. The van der Waals surface area contributed by atoms with Gasteiger partial charge in [0.15, 0.2) is 5.11 Å². The Bertz CT molecular complexity index is 807. The largest absolute Gasteiger partial charge is 0.352 e. The molecular formula is C22H30N4S. The second-order valence-corrected chi connectivity index (χ2v) is 8.28. The summed E-state index contributed by atoms with van der Waals surface area (Å²) in [6.45, 7) is 7.68. The Morgan fingerprint density at radius 2 is 1.96 bits per heavy atom. The number of nitrogens with one attached hydrogen (secondary N) is 1. The monoisotopic (exact) mass is 382 g/mol. The molecule has 1 aliphatic carbocycles. The van der Waals surface area contributed by atoms with Gasteiger partial charge >= 0.3 is 0 Å². The predicted octanol–water partition coefficient (Wildman–Crippen LogP) is 4.83. The van der Waals surface area contributed by atoms with Gasteiger partial charge in [0.05, 0.1) is 17.8 Å². The van der Waals surface area contributed by atoms with Crippen LogP contribution in [0.3, 0.4) is 0 Å². The summed E-state index contributed by atoms with van der Waals surface area (Å²) in [7, 11) is 0. The van der Waals surface area contributed by atoms with Gasteiger partial charge in [0, 0.05) is 30.2 Å². The Labute approximate surface area is 168 Å². The first-order chi connectivity index (χ1) is 13.1. The van der Waals surface area contributed by atoms with Crippen molar-refractivity contribution in [2.75, 3.05) is 0 Å². The molecular weight excluding hydrogens is 352 g/mol. The molecule has 144 valence electrons. The fraction of sp³-hybridized carbons (Fsp3) is 0.545. The predicted molar refractivity (Wildman–Crippen MR) is 114 cm³/mol. The van der Waals surface area contributed by atoms with E-state index in [2.05, 4.69) is 58.7 Å². The van der Waals surface area contributed by atoms with E-state index < -0.39 is 0 Å². The lowest BCUT2D eigenvalue weighted by Crippen LogP contribution is -2.40. The summed E-state index contributed by atoms with van der Waals surface area (Å²) in [5.41, 5.74) is 5.15. The fourth-order valence-corrected chi connectivity index (χ4v) is 5.45. The molecule has 1 saturated carbocycles. The van der Waals surface area contributed by atoms with Crippen LogP contribution in [0, 0.1) is 13.8 Å². The summed E-state index contributed by atoms with van der Waals surface area (Å²) in [5.74, 6) is 0. The molecule has 2 fully saturated rings. The van der Waals surface area contributed by atoms with Gasteiger partial charge in [0.1, 0.15) is 0 Å². The van der Waals surface area contributed by atoms with Gasteiger partial charge in [0.2, 0.25) is 0 Å². The molecule has 5 heteroatoms. The molecule has 4 nitrogen and oxygen atoms in total. The van der Waals surface area contributed by atoms with Gasteiger partial charge in [-0.15, -0.1) is 0 Å². The van der Waals surface area contributed by atoms with E-state index in [1.165, 1.54) is 49.1 Å². The smallest absolute Gasteiger partial charge is 0.170 e. The van der Waals surface area contributed by atoms with Crippen molar-refractivity contribution in [2.45, 2.75) is 77.5 Å². The van der Waals surface area contributed by atoms with Crippen molar-refractivity contribution in [2.24, 2.45) is 0 Å². The average Bonchev–Trinajstić information content (AvgIpc) is 3.18. The van der Waals surface area contributed by atoms with Gasteiger partial charge in [-0.1, -0.05) is 25.3 Å². The third kappa shape index (κ3) is 3.27. The minimum Gasteiger partial charge on any atom is -0.352 e. The van der Waals surface area contributed by atoms with Crippen LogP contribution < -0.4 is 5.32 Å². The molecule has 0 radical (unpaired) electrons. The topological polar surface area (TPSA) is 33.1 Å². The van der Waals surface area contributed by atoms with E-state index in [0.717, 1.165) is 17.4 Å². The maximum atomic E-state index is 5.87. The molecule has 2 atom stereocenters. The number of thiocarbonyl (C=S) groups is 1. The summed E-state index contributed by atoms with van der Waals surface area (Å²) in [4.78, 5) is 7.18. The number of aromatic nitrogens is 2. The van der Waals surface area contributed by atoms with Crippen molar-refractivity contribution in [3.63, 3.8) is 0 Å². The van der Waals surface area contributed by atoms with Gasteiger partial charge in [-0.05, 0) is 69.6 Å². The second-order valence-electron chi connectivity index (χ2n) is 7.90. The molecule has 3 heterocycles. The molecule has 2 aromatic heterocycles. The summed E-state index contributed by atoms with van der Waals surface area (Å²) in [6.07, 6.45) is 8.32. The van der Waals surface area contributed by atoms with Crippen LogP contribution in [0.5, 0.6) is 0 Å². The lowest BCUT2D eigenvalue weighted by molar-refractivity contribution is 0.196. The van der Waals surface area contributed by atoms with Crippen LogP contribution in [-0.4, -0.2) is 25.6 Å². The molecule has 1 aliphatic heterocycles. The zero-order chi connectivity index (χ0) is 19.0. The van der Waals surface area contributed by atoms with Crippen LogP contribution in [0.4, 0.5) is 0 Å². The van der Waals surface area contributed by atoms with E-state index in [9.17, 15) is 0 Å². The molecule has 2 aromatic rings. The molecule has 2 aliphatic rings. The Balaban J connectivity index is 1.80. The number of pyridine rings is 1. The molecule has 0 aromatic carbocycles. The lowest BCUT2D eigenvalue weighted by atomic mass is 9.90. The zero-order valence-corrected chi connectivity index (χ0v) is 17.4. The Kier molecular flexibility index (Phi) is 5.22. The molecule has 0 amide bonds. The maximum Gasteiger partial charge on any atom is 0.170 e. The Hall–Kier alpha value is -1.88. The van der Waals surface area contributed by atoms with Gasteiger partial charge in [-0.3, -0.25) is 4.98 Å². The third-order valence-corrected chi connectivity index (χ3v) is 6.68. The summed E-state index contributed by atoms with van der Waals surface area (Å²) >= 11 is 5.87. The maximum absolute atomic E-state index is 5.87. The highest BCUT2D eigenvalue weighted by Crippen LogP contribution is 2.43. The second kappa shape index (κ2) is 7.63. The SMILES string of the molecule is CCn1c(C)cc([C@@H]2[C@@H](c3ccccn3)NC(=S)N2C2CCCCC2)c1C. The van der Waals surface area contributed by atoms with Crippen LogP contribution in [0.1, 0.15) is 73.8 Å². The van der Waals surface area contributed by atoms with E-state index in [1.54, 1.807) is 0 Å². The number of nitrogens with zero attached hydrogens (tertiary/aromatic N) is 3. The minimum atomic E-state index is 0.103. The lowest BCUT2D eigenvalue weighted by Gasteiger charge is -2.37. The van der Waals surface area contributed by atoms with Crippen molar-refractivity contribution >= 4 is 17.3 Å². The molecule has 4 rings (SSSR count). The molecule has 0 bridgehead atoms. The van der Waals surface area contributed by atoms with Gasteiger partial charge in [-0.2, -0.15) is 0 Å². The first-order valence-electron chi connectivity index (χ1n) is 10.3. The molecule has 1 saturated heterocycles. The molecule has 0 spiro atoms. The number of hydrogen-bond donors (Lipinski definition) is 1. The van der Waals surface area contributed by atoms with E-state index in [-0.39, 0.29) is 12.1 Å². The third-order valence-electron chi connectivity index (χ3n) is 6.35. The van der Waals surface area contributed by atoms with Crippen LogP contribution in [0.15, 0.2) is 30.5 Å². The molecule has 27 heavy (non-hydrogen) atoms. The van der Waals surface area contributed by atoms with E-state index in [4.69, 9.17) is 12.2 Å². The standard InChI is InChI=1S/C22H30N4S/c1-4-25-15(2)14-18(16(25)3)21-20(19-12-8-9-13-23-19)24-22(27)26(21)17-10-6-5-7-11-17/h8-9,12-14,17,20-21H,4-7,10-11H2,1-3H3,(H,24,27)/t20-,21-/m1/s1. The van der Waals surface area contributed by atoms with E-state index in [0.29, 0.717) is 6.04 Å². The average molecular weight is 383 g/mol. The summed E-state index contributed by atoms with van der Waals surface area (Å²) in [5, 5.41) is 4.52. The molecule has 1 N–H and O–H groups in total. The highest BCUT2D eigenvalue weighted by atomic mass is 32.1. The fourth-order valence-electron chi connectivity index (χ4n) is 5.06. The normalized spacial score (nSPS) is 23.7. The van der Waals surface area contributed by atoms with Gasteiger partial charge in [0.25, 0.3) is 0 Å². The van der Waals surface area contributed by atoms with Gasteiger partial charge < -0.3 is 14.8 Å². The van der Waals surface area contributed by atoms with E-state index >= 15 is 0 Å². The highest BCUT2D eigenvalue weighted by molar-refractivity contribution is 7.80. The van der Waals surface area contributed by atoms with Crippen LogP contribution in [-0.2, 0) is 6.54 Å². The first kappa shape index (κ1) is 18.5. The van der Waals surface area contributed by atoms with Crippen molar-refractivity contribution in [1.29, 1.82) is 0 Å². The minimum absolute atomic E-state index is 0.103. The molecule has 0 unspecified atom stereocenters. The number of aryl methyl sites for hydroxylation is 1. The van der Waals surface area contributed by atoms with Crippen molar-refractivity contribution in [1.82, 2.24) is 19.8 Å². The van der Waals surface area contributed by atoms with Crippen LogP contribution in [0.2, 0.25) is 0 Å². The summed E-state index contributed by atoms with van der Waals surface area (Å²) < 4.78 is 2.41. The zero-order valence-electron chi connectivity index (χ0n) is 16.6. The quantitative estimate of drug-likeness (QED) is 0.768. The Morgan fingerprint density at radius 1 is 1.19 bits per heavy atom. The first-order valence-corrected chi connectivity index (χ1v) is 10.7. The van der Waals surface area contributed by atoms with Crippen molar-refractivity contribution in [3.05, 3.63) is 53.1 Å².